The number of nitrogens with zero attached hydrogens (tertiary/aromatic N) is 1. The monoisotopic (exact) mass is 243 g/mol. The van der Waals surface area contributed by atoms with E-state index in [2.05, 4.69) is 4.74 Å². The Kier molecular flexibility index (Phi) is 4.11. The van der Waals surface area contributed by atoms with Crippen LogP contribution >= 0.6 is 0 Å². The number of benzene rings is 1. The van der Waals surface area contributed by atoms with Crippen LogP contribution in [0.5, 0.6) is 0 Å². The van der Waals surface area contributed by atoms with Gasteiger partial charge in [0.25, 0.3) is 5.69 Å². The molecule has 1 aromatic rings. The summed E-state index contributed by atoms with van der Waals surface area (Å²) in [5.74, 6) is -1.64. The first-order chi connectivity index (χ1) is 7.95. The fourth-order valence-electron chi connectivity index (χ4n) is 1.26. The lowest BCUT2D eigenvalue weighted by Crippen LogP contribution is -2.24. The van der Waals surface area contributed by atoms with Crippen molar-refractivity contribution < 1.29 is 24.0 Å². The van der Waals surface area contributed by atoms with E-state index in [1.807, 2.05) is 0 Å². The van der Waals surface area contributed by atoms with Gasteiger partial charge in [0, 0.05) is 18.6 Å². The van der Waals surface area contributed by atoms with Gasteiger partial charge < -0.3 is 9.84 Å². The molecule has 0 bridgehead atoms. The smallest absolute Gasteiger partial charge is 0.335 e. The van der Waals surface area contributed by atoms with Crippen molar-refractivity contribution >= 4 is 11.7 Å². The summed E-state index contributed by atoms with van der Waals surface area (Å²) in [6, 6.07) is 2.89. The number of esters is 1. The van der Waals surface area contributed by atoms with Gasteiger partial charge in [0.05, 0.1) is 12.0 Å². The minimum absolute atomic E-state index is 0.114. The van der Waals surface area contributed by atoms with Crippen molar-refractivity contribution in [1.82, 2.24) is 0 Å². The summed E-state index contributed by atoms with van der Waals surface area (Å²) in [4.78, 5) is 20.7. The van der Waals surface area contributed by atoms with Crippen molar-refractivity contribution in [3.63, 3.8) is 0 Å². The second-order valence-electron chi connectivity index (χ2n) is 3.28. The largest absolute Gasteiger partial charge is 0.467 e. The lowest BCUT2D eigenvalue weighted by molar-refractivity contribution is -0.385. The molecule has 0 amide bonds. The maximum absolute atomic E-state index is 13.3. The van der Waals surface area contributed by atoms with Gasteiger partial charge in [0.15, 0.2) is 6.10 Å². The Hall–Kier alpha value is -2.02. The topological polar surface area (TPSA) is 89.7 Å². The zero-order valence-electron chi connectivity index (χ0n) is 8.92. The summed E-state index contributed by atoms with van der Waals surface area (Å²) in [6.45, 7) is 0. The first-order valence-corrected chi connectivity index (χ1v) is 4.64. The average molecular weight is 243 g/mol. The summed E-state index contributed by atoms with van der Waals surface area (Å²) in [5.41, 5.74) is -0.421. The Morgan fingerprint density at radius 2 is 2.29 bits per heavy atom. The van der Waals surface area contributed by atoms with Gasteiger partial charge in [-0.15, -0.1) is 0 Å². The van der Waals surface area contributed by atoms with E-state index in [0.717, 1.165) is 25.3 Å². The summed E-state index contributed by atoms with van der Waals surface area (Å²) < 4.78 is 17.5. The van der Waals surface area contributed by atoms with Crippen LogP contribution < -0.4 is 0 Å². The van der Waals surface area contributed by atoms with Crippen LogP contribution in [-0.2, 0) is 16.0 Å². The molecule has 0 radical (unpaired) electrons. The molecule has 17 heavy (non-hydrogen) atoms. The molecule has 0 aromatic heterocycles. The Morgan fingerprint density at radius 3 is 2.82 bits per heavy atom. The molecule has 92 valence electrons. The number of ether oxygens (including phenoxy) is 1. The number of nitro benzene ring substituents is 1. The molecule has 1 aromatic carbocycles. The van der Waals surface area contributed by atoms with Crippen molar-refractivity contribution in [2.45, 2.75) is 12.5 Å². The molecule has 0 spiro atoms. The number of methoxy groups -OCH3 is 1. The van der Waals surface area contributed by atoms with Crippen molar-refractivity contribution in [1.29, 1.82) is 0 Å². The molecule has 0 saturated heterocycles. The van der Waals surface area contributed by atoms with Gasteiger partial charge in [0.2, 0.25) is 0 Å². The zero-order chi connectivity index (χ0) is 13.0. The van der Waals surface area contributed by atoms with Crippen LogP contribution in [0.2, 0.25) is 0 Å². The molecule has 0 aliphatic heterocycles. The van der Waals surface area contributed by atoms with E-state index in [1.54, 1.807) is 0 Å². The van der Waals surface area contributed by atoms with E-state index in [1.165, 1.54) is 0 Å². The maximum Gasteiger partial charge on any atom is 0.335 e. The van der Waals surface area contributed by atoms with E-state index >= 15 is 0 Å². The van der Waals surface area contributed by atoms with E-state index < -0.39 is 22.8 Å². The van der Waals surface area contributed by atoms with Gasteiger partial charge in [-0.25, -0.2) is 9.18 Å². The summed E-state index contributed by atoms with van der Waals surface area (Å²) in [6.07, 6.45) is -1.92. The number of hydrogen-bond donors (Lipinski definition) is 1. The Balaban J connectivity index is 2.93. The number of aliphatic hydroxyl groups is 1. The second kappa shape index (κ2) is 5.35. The molecule has 1 rings (SSSR count). The number of hydrogen-bond acceptors (Lipinski definition) is 5. The zero-order valence-corrected chi connectivity index (χ0v) is 8.92. The van der Waals surface area contributed by atoms with Gasteiger partial charge in [0.1, 0.15) is 5.82 Å². The third kappa shape index (κ3) is 3.22. The van der Waals surface area contributed by atoms with Crippen LogP contribution in [0, 0.1) is 15.9 Å². The average Bonchev–Trinajstić information content (AvgIpc) is 2.30. The highest BCUT2D eigenvalue weighted by molar-refractivity contribution is 5.74. The molecule has 0 aliphatic rings. The molecule has 1 atom stereocenters. The predicted octanol–water partition coefficient (Wildman–Crippen LogP) is 0.810. The summed E-state index contributed by atoms with van der Waals surface area (Å²) in [5, 5.41) is 19.8. The van der Waals surface area contributed by atoms with Crippen LogP contribution in [0.1, 0.15) is 5.56 Å². The van der Waals surface area contributed by atoms with Gasteiger partial charge >= 0.3 is 5.97 Å². The number of halogens is 1. The maximum atomic E-state index is 13.3. The minimum Gasteiger partial charge on any atom is -0.467 e. The van der Waals surface area contributed by atoms with E-state index in [9.17, 15) is 24.4 Å². The molecule has 7 heteroatoms. The van der Waals surface area contributed by atoms with Crippen molar-refractivity contribution in [2.75, 3.05) is 7.11 Å². The van der Waals surface area contributed by atoms with Crippen molar-refractivity contribution in [3.8, 4) is 0 Å². The van der Waals surface area contributed by atoms with Crippen LogP contribution in [0.3, 0.4) is 0 Å². The first kappa shape index (κ1) is 13.0. The molecule has 0 heterocycles. The van der Waals surface area contributed by atoms with E-state index in [-0.39, 0.29) is 17.7 Å². The number of carbonyl (C=O) groups is 1. The lowest BCUT2D eigenvalue weighted by atomic mass is 10.1. The molecular weight excluding hydrogens is 233 g/mol. The standard InChI is InChI=1S/C10H10FNO5/c1-17-10(14)9(13)5-6-4-7(12(15)16)2-3-8(6)11/h2-4,9,13H,5H2,1H3. The minimum atomic E-state index is -1.54. The Labute approximate surface area is 95.8 Å². The van der Waals surface area contributed by atoms with Crippen molar-refractivity contribution in [2.24, 2.45) is 0 Å². The highest BCUT2D eigenvalue weighted by Crippen LogP contribution is 2.18. The van der Waals surface area contributed by atoms with E-state index in [4.69, 9.17) is 0 Å². The third-order valence-corrected chi connectivity index (χ3v) is 2.13. The first-order valence-electron chi connectivity index (χ1n) is 4.64. The highest BCUT2D eigenvalue weighted by Gasteiger charge is 2.19. The van der Waals surface area contributed by atoms with Crippen molar-refractivity contribution in [3.05, 3.63) is 39.7 Å². The molecular formula is C10H10FNO5. The quantitative estimate of drug-likeness (QED) is 0.480. The third-order valence-electron chi connectivity index (χ3n) is 2.13. The number of nitro groups is 1. The van der Waals surface area contributed by atoms with Crippen LogP contribution in [0.15, 0.2) is 18.2 Å². The number of carbonyl (C=O) groups excluding carboxylic acids is 1. The molecule has 0 fully saturated rings. The number of rotatable bonds is 4. The molecule has 0 aliphatic carbocycles. The Bertz CT molecular complexity index is 448. The lowest BCUT2D eigenvalue weighted by Gasteiger charge is -2.08. The van der Waals surface area contributed by atoms with Gasteiger partial charge in [-0.05, 0) is 11.6 Å². The molecule has 1 unspecified atom stereocenters. The van der Waals surface area contributed by atoms with Gasteiger partial charge in [-0.3, -0.25) is 10.1 Å². The number of aliphatic hydroxyl groups excluding tert-OH is 1. The predicted molar refractivity (Wildman–Crippen MR) is 54.8 cm³/mol. The van der Waals surface area contributed by atoms with Crippen LogP contribution in [-0.4, -0.2) is 29.2 Å². The van der Waals surface area contributed by atoms with Gasteiger partial charge in [-0.1, -0.05) is 0 Å². The molecule has 6 nitrogen and oxygen atoms in total. The van der Waals surface area contributed by atoms with Gasteiger partial charge in [-0.2, -0.15) is 0 Å². The fourth-order valence-corrected chi connectivity index (χ4v) is 1.26. The highest BCUT2D eigenvalue weighted by atomic mass is 19.1. The Morgan fingerprint density at radius 1 is 1.65 bits per heavy atom. The fraction of sp³-hybridized carbons (Fsp3) is 0.300. The van der Waals surface area contributed by atoms with Crippen LogP contribution in [0.4, 0.5) is 10.1 Å². The van der Waals surface area contributed by atoms with E-state index in [0.29, 0.717) is 0 Å². The SMILES string of the molecule is COC(=O)C(O)Cc1cc([N+](=O)[O-])ccc1F. The number of non-ortho nitro benzene ring substituents is 1. The molecule has 1 N–H and O–H groups in total. The normalized spacial score (nSPS) is 11.9. The van der Waals surface area contributed by atoms with Crippen LogP contribution in [0.25, 0.3) is 0 Å². The summed E-state index contributed by atoms with van der Waals surface area (Å²) in [7, 11) is 1.08. The summed E-state index contributed by atoms with van der Waals surface area (Å²) >= 11 is 0. The second-order valence-corrected chi connectivity index (χ2v) is 3.28. The molecule has 0 saturated carbocycles.